The monoisotopic (exact) mass is 366 g/mol. The average molecular weight is 366 g/mol. The predicted molar refractivity (Wildman–Crippen MR) is 101 cm³/mol. The Balaban J connectivity index is 1.56. The number of para-hydroxylation sites is 1. The van der Waals surface area contributed by atoms with E-state index in [4.69, 9.17) is 18.9 Å². The number of nitrogens with zero attached hydrogens (tertiary/aromatic N) is 2. The first-order valence-electron chi connectivity index (χ1n) is 8.24. The number of fused-ring (bicyclic) bond motifs is 1. The van der Waals surface area contributed by atoms with Crippen molar-refractivity contribution in [2.45, 2.75) is 0 Å². The number of ether oxygens (including phenoxy) is 4. The number of hydrogen-bond acceptors (Lipinski definition) is 8. The summed E-state index contributed by atoms with van der Waals surface area (Å²) in [7, 11) is 3.20. The van der Waals surface area contributed by atoms with Gasteiger partial charge in [-0.25, -0.2) is 4.98 Å². The number of rotatable bonds is 6. The van der Waals surface area contributed by atoms with E-state index in [0.717, 1.165) is 11.4 Å². The molecule has 0 spiro atoms. The number of hydrogen-bond donors (Lipinski definition) is 2. The summed E-state index contributed by atoms with van der Waals surface area (Å²) in [6.45, 7) is 0.211. The molecule has 4 rings (SSSR count). The fraction of sp³-hybridized carbons (Fsp3) is 0.158. The molecule has 8 nitrogen and oxygen atoms in total. The van der Waals surface area contributed by atoms with Gasteiger partial charge >= 0.3 is 0 Å². The number of methoxy groups -OCH3 is 2. The normalized spacial score (nSPS) is 11.8. The van der Waals surface area contributed by atoms with Gasteiger partial charge in [0.05, 0.1) is 19.9 Å². The van der Waals surface area contributed by atoms with Crippen molar-refractivity contribution < 1.29 is 18.9 Å². The second-order valence-electron chi connectivity index (χ2n) is 5.66. The molecule has 1 aliphatic rings. The standard InChI is InChI=1S/C19H18N4O4/c1-24-13-8-12(9-14(10-13)25-2)21-19-20-7-6-17(23-19)22-15-4-3-5-16-18(15)27-11-26-16/h3-10H,11H2,1-2H3,(H2,20,21,22,23). The first-order chi connectivity index (χ1) is 13.2. The molecule has 0 amide bonds. The van der Waals surface area contributed by atoms with Crippen LogP contribution in [0.3, 0.4) is 0 Å². The highest BCUT2D eigenvalue weighted by atomic mass is 16.7. The van der Waals surface area contributed by atoms with E-state index in [0.29, 0.717) is 34.8 Å². The van der Waals surface area contributed by atoms with Crippen molar-refractivity contribution in [3.05, 3.63) is 48.7 Å². The molecule has 0 bridgehead atoms. The van der Waals surface area contributed by atoms with Gasteiger partial charge in [0, 0.05) is 30.1 Å². The second kappa shape index (κ2) is 7.28. The lowest BCUT2D eigenvalue weighted by Crippen LogP contribution is -2.01. The quantitative estimate of drug-likeness (QED) is 0.683. The fourth-order valence-corrected chi connectivity index (χ4v) is 2.66. The molecule has 2 heterocycles. The predicted octanol–water partition coefficient (Wildman–Crippen LogP) is 3.71. The maximum atomic E-state index is 5.51. The Morgan fingerprint density at radius 1 is 0.963 bits per heavy atom. The Morgan fingerprint density at radius 3 is 2.56 bits per heavy atom. The average Bonchev–Trinajstić information content (AvgIpc) is 3.18. The first kappa shape index (κ1) is 16.8. The Kier molecular flexibility index (Phi) is 4.52. The van der Waals surface area contributed by atoms with E-state index in [1.807, 2.05) is 30.3 Å². The van der Waals surface area contributed by atoms with Crippen molar-refractivity contribution in [1.29, 1.82) is 0 Å². The number of nitrogens with one attached hydrogen (secondary N) is 2. The lowest BCUT2D eigenvalue weighted by molar-refractivity contribution is 0.174. The van der Waals surface area contributed by atoms with Gasteiger partial charge < -0.3 is 29.6 Å². The molecule has 0 fully saturated rings. The third-order valence-corrected chi connectivity index (χ3v) is 3.92. The third kappa shape index (κ3) is 3.64. The van der Waals surface area contributed by atoms with Gasteiger partial charge in [-0.1, -0.05) is 6.07 Å². The SMILES string of the molecule is COc1cc(Nc2nccc(Nc3cccc4c3OCO4)n2)cc(OC)c1. The maximum absolute atomic E-state index is 5.51. The largest absolute Gasteiger partial charge is 0.497 e. The van der Waals surface area contributed by atoms with E-state index in [2.05, 4.69) is 20.6 Å². The van der Waals surface area contributed by atoms with Crippen molar-refractivity contribution in [1.82, 2.24) is 9.97 Å². The zero-order valence-corrected chi connectivity index (χ0v) is 14.9. The molecule has 0 aliphatic carbocycles. The van der Waals surface area contributed by atoms with Gasteiger partial charge in [0.15, 0.2) is 11.5 Å². The van der Waals surface area contributed by atoms with Crippen LogP contribution in [0.25, 0.3) is 0 Å². The Hall–Kier alpha value is -3.68. The molecule has 2 aromatic carbocycles. The van der Waals surface area contributed by atoms with Gasteiger partial charge in [0.25, 0.3) is 0 Å². The molecule has 1 aromatic heterocycles. The summed E-state index contributed by atoms with van der Waals surface area (Å²) >= 11 is 0. The molecule has 8 heteroatoms. The highest BCUT2D eigenvalue weighted by Crippen LogP contribution is 2.40. The first-order valence-corrected chi connectivity index (χ1v) is 8.24. The van der Waals surface area contributed by atoms with Crippen LogP contribution in [-0.4, -0.2) is 31.0 Å². The van der Waals surface area contributed by atoms with Crippen LogP contribution < -0.4 is 29.6 Å². The van der Waals surface area contributed by atoms with Crippen molar-refractivity contribution in [2.75, 3.05) is 31.6 Å². The van der Waals surface area contributed by atoms with E-state index >= 15 is 0 Å². The number of anilines is 4. The summed E-state index contributed by atoms with van der Waals surface area (Å²) in [5.41, 5.74) is 1.53. The molecule has 0 atom stereocenters. The molecule has 0 radical (unpaired) electrons. The van der Waals surface area contributed by atoms with Gasteiger partial charge in [0.1, 0.15) is 17.3 Å². The van der Waals surface area contributed by atoms with E-state index < -0.39 is 0 Å². The summed E-state index contributed by atoms with van der Waals surface area (Å²) < 4.78 is 21.5. The summed E-state index contributed by atoms with van der Waals surface area (Å²) in [6, 6.07) is 12.9. The van der Waals surface area contributed by atoms with Gasteiger partial charge in [0.2, 0.25) is 12.7 Å². The molecule has 0 unspecified atom stereocenters. The molecule has 2 N–H and O–H groups in total. The maximum Gasteiger partial charge on any atom is 0.231 e. The minimum atomic E-state index is 0.211. The Labute approximate surface area is 156 Å². The number of benzene rings is 2. The molecular formula is C19H18N4O4. The summed E-state index contributed by atoms with van der Waals surface area (Å²) in [6.07, 6.45) is 1.66. The van der Waals surface area contributed by atoms with Gasteiger partial charge in [-0.15, -0.1) is 0 Å². The smallest absolute Gasteiger partial charge is 0.231 e. The topological polar surface area (TPSA) is 86.8 Å². The van der Waals surface area contributed by atoms with Gasteiger partial charge in [-0.2, -0.15) is 4.98 Å². The van der Waals surface area contributed by atoms with Gasteiger partial charge in [-0.3, -0.25) is 0 Å². The molecular weight excluding hydrogens is 348 g/mol. The minimum absolute atomic E-state index is 0.211. The lowest BCUT2D eigenvalue weighted by atomic mass is 10.2. The second-order valence-corrected chi connectivity index (χ2v) is 5.66. The van der Waals surface area contributed by atoms with Crippen molar-refractivity contribution in [2.24, 2.45) is 0 Å². The highest BCUT2D eigenvalue weighted by molar-refractivity contribution is 5.70. The van der Waals surface area contributed by atoms with Crippen molar-refractivity contribution in [3.8, 4) is 23.0 Å². The molecule has 0 saturated carbocycles. The Morgan fingerprint density at radius 2 is 1.78 bits per heavy atom. The van der Waals surface area contributed by atoms with E-state index in [1.54, 1.807) is 32.5 Å². The fourth-order valence-electron chi connectivity index (χ4n) is 2.66. The van der Waals surface area contributed by atoms with Crippen LogP contribution >= 0.6 is 0 Å². The van der Waals surface area contributed by atoms with E-state index in [1.165, 1.54) is 0 Å². The summed E-state index contributed by atoms with van der Waals surface area (Å²) in [4.78, 5) is 8.75. The van der Waals surface area contributed by atoms with Crippen LogP contribution in [0.15, 0.2) is 48.7 Å². The molecule has 138 valence electrons. The molecule has 1 aliphatic heterocycles. The summed E-state index contributed by atoms with van der Waals surface area (Å²) in [5, 5.41) is 6.38. The zero-order chi connectivity index (χ0) is 18.6. The van der Waals surface area contributed by atoms with Crippen LogP contribution in [0.1, 0.15) is 0 Å². The minimum Gasteiger partial charge on any atom is -0.497 e. The highest BCUT2D eigenvalue weighted by Gasteiger charge is 2.17. The number of aromatic nitrogens is 2. The molecule has 27 heavy (non-hydrogen) atoms. The van der Waals surface area contributed by atoms with Crippen LogP contribution in [0.5, 0.6) is 23.0 Å². The molecule has 3 aromatic rings. The van der Waals surface area contributed by atoms with Crippen molar-refractivity contribution in [3.63, 3.8) is 0 Å². The Bertz CT molecular complexity index is 942. The van der Waals surface area contributed by atoms with Crippen molar-refractivity contribution >= 4 is 23.1 Å². The van der Waals surface area contributed by atoms with Crippen LogP contribution in [-0.2, 0) is 0 Å². The van der Waals surface area contributed by atoms with Crippen LogP contribution in [0.4, 0.5) is 23.1 Å². The zero-order valence-electron chi connectivity index (χ0n) is 14.9. The van der Waals surface area contributed by atoms with Crippen LogP contribution in [0.2, 0.25) is 0 Å². The van der Waals surface area contributed by atoms with Crippen LogP contribution in [0, 0.1) is 0 Å². The van der Waals surface area contributed by atoms with Gasteiger partial charge in [-0.05, 0) is 18.2 Å². The third-order valence-electron chi connectivity index (χ3n) is 3.92. The summed E-state index contributed by atoms with van der Waals surface area (Å²) in [5.74, 6) is 3.76. The van der Waals surface area contributed by atoms with E-state index in [-0.39, 0.29) is 6.79 Å². The van der Waals surface area contributed by atoms with E-state index in [9.17, 15) is 0 Å². The lowest BCUT2D eigenvalue weighted by Gasteiger charge is -2.11. The molecule has 0 saturated heterocycles.